The summed E-state index contributed by atoms with van der Waals surface area (Å²) in [6.07, 6.45) is -4.87. The van der Waals surface area contributed by atoms with E-state index < -0.39 is 18.8 Å². The molecular formula is C9H9F4NO2. The second-order valence-corrected chi connectivity index (χ2v) is 2.93. The fourth-order valence-electron chi connectivity index (χ4n) is 1.15. The van der Waals surface area contributed by atoms with Gasteiger partial charge in [-0.25, -0.2) is 9.37 Å². The van der Waals surface area contributed by atoms with Gasteiger partial charge in [-0.1, -0.05) is 0 Å². The van der Waals surface area contributed by atoms with E-state index in [9.17, 15) is 17.6 Å². The van der Waals surface area contributed by atoms with Crippen LogP contribution < -0.4 is 9.47 Å². The molecule has 0 aliphatic rings. The van der Waals surface area contributed by atoms with Crippen LogP contribution in [-0.2, 0) is 6.67 Å². The highest BCUT2D eigenvalue weighted by Crippen LogP contribution is 2.32. The Bertz CT molecular complexity index is 379. The van der Waals surface area contributed by atoms with Gasteiger partial charge in [-0.2, -0.15) is 0 Å². The van der Waals surface area contributed by atoms with Crippen molar-refractivity contribution in [3.8, 4) is 11.6 Å². The largest absolute Gasteiger partial charge is 0.573 e. The highest BCUT2D eigenvalue weighted by molar-refractivity contribution is 5.41. The third-order valence-electron chi connectivity index (χ3n) is 1.73. The zero-order chi connectivity index (χ0) is 12.3. The number of halogens is 4. The molecule has 1 rings (SSSR count). The first-order valence-electron chi connectivity index (χ1n) is 4.23. The summed E-state index contributed by atoms with van der Waals surface area (Å²) >= 11 is 0. The molecule has 7 heteroatoms. The fourth-order valence-corrected chi connectivity index (χ4v) is 1.15. The van der Waals surface area contributed by atoms with E-state index in [0.29, 0.717) is 0 Å². The topological polar surface area (TPSA) is 31.4 Å². The highest BCUT2D eigenvalue weighted by atomic mass is 19.4. The predicted molar refractivity (Wildman–Crippen MR) is 47.0 cm³/mol. The third-order valence-corrected chi connectivity index (χ3v) is 1.73. The summed E-state index contributed by atoms with van der Waals surface area (Å²) in [6.45, 7) is 0.301. The lowest BCUT2D eigenvalue weighted by atomic mass is 10.2. The molecule has 0 saturated carbocycles. The second kappa shape index (κ2) is 4.54. The second-order valence-electron chi connectivity index (χ2n) is 2.93. The van der Waals surface area contributed by atoms with E-state index in [0.717, 1.165) is 6.07 Å². The van der Waals surface area contributed by atoms with Gasteiger partial charge in [0.05, 0.1) is 12.7 Å². The van der Waals surface area contributed by atoms with Gasteiger partial charge in [0.2, 0.25) is 5.88 Å². The molecule has 0 spiro atoms. The Morgan fingerprint density at radius 3 is 2.44 bits per heavy atom. The Kier molecular flexibility index (Phi) is 3.56. The van der Waals surface area contributed by atoms with Crippen LogP contribution in [0.3, 0.4) is 0 Å². The maximum absolute atomic E-state index is 12.6. The first-order chi connectivity index (χ1) is 7.37. The quantitative estimate of drug-likeness (QED) is 0.760. The van der Waals surface area contributed by atoms with Crippen LogP contribution in [0.15, 0.2) is 6.07 Å². The molecule has 0 fully saturated rings. The fraction of sp³-hybridized carbons (Fsp3) is 0.444. The molecule has 0 unspecified atom stereocenters. The van der Waals surface area contributed by atoms with Crippen LogP contribution in [0.4, 0.5) is 17.6 Å². The normalized spacial score (nSPS) is 11.4. The zero-order valence-corrected chi connectivity index (χ0v) is 8.56. The van der Waals surface area contributed by atoms with Crippen molar-refractivity contribution >= 4 is 0 Å². The minimum atomic E-state index is -4.87. The van der Waals surface area contributed by atoms with E-state index in [2.05, 4.69) is 14.5 Å². The number of hydrogen-bond donors (Lipinski definition) is 0. The van der Waals surface area contributed by atoms with Crippen LogP contribution in [0.1, 0.15) is 11.3 Å². The predicted octanol–water partition coefficient (Wildman–Crippen LogP) is 2.77. The Hall–Kier alpha value is -1.53. The van der Waals surface area contributed by atoms with Gasteiger partial charge in [0, 0.05) is 11.8 Å². The van der Waals surface area contributed by atoms with Gasteiger partial charge in [0.25, 0.3) is 0 Å². The first kappa shape index (κ1) is 12.5. The van der Waals surface area contributed by atoms with E-state index in [1.807, 2.05) is 0 Å². The summed E-state index contributed by atoms with van der Waals surface area (Å²) in [4.78, 5) is 3.74. The smallest absolute Gasteiger partial charge is 0.481 e. The Balaban J connectivity index is 3.20. The van der Waals surface area contributed by atoms with Gasteiger partial charge in [-0.15, -0.1) is 13.2 Å². The van der Waals surface area contributed by atoms with E-state index in [1.54, 1.807) is 0 Å². The molecule has 0 bridgehead atoms. The Morgan fingerprint density at radius 1 is 1.38 bits per heavy atom. The van der Waals surface area contributed by atoms with Crippen molar-refractivity contribution in [2.75, 3.05) is 7.11 Å². The number of hydrogen-bond acceptors (Lipinski definition) is 3. The van der Waals surface area contributed by atoms with Crippen molar-refractivity contribution < 1.29 is 27.0 Å². The molecule has 1 aromatic heterocycles. The van der Waals surface area contributed by atoms with E-state index >= 15 is 0 Å². The number of nitrogens with zero attached hydrogens (tertiary/aromatic N) is 1. The van der Waals surface area contributed by atoms with Gasteiger partial charge in [0.15, 0.2) is 0 Å². The zero-order valence-electron chi connectivity index (χ0n) is 8.56. The van der Waals surface area contributed by atoms with Crippen LogP contribution in [-0.4, -0.2) is 18.5 Å². The lowest BCUT2D eigenvalue weighted by molar-refractivity contribution is -0.275. The SMILES string of the molecule is COc1nc(C)cc(OC(F)(F)F)c1CF. The molecule has 0 N–H and O–H groups in total. The number of alkyl halides is 4. The Morgan fingerprint density at radius 2 is 2.00 bits per heavy atom. The molecular weight excluding hydrogens is 230 g/mol. The minimum absolute atomic E-state index is 0.207. The summed E-state index contributed by atoms with van der Waals surface area (Å²) in [5.74, 6) is -0.832. The van der Waals surface area contributed by atoms with Gasteiger partial charge in [-0.3, -0.25) is 0 Å². The van der Waals surface area contributed by atoms with Crippen molar-refractivity contribution in [1.29, 1.82) is 0 Å². The van der Waals surface area contributed by atoms with Gasteiger partial charge >= 0.3 is 6.36 Å². The molecule has 3 nitrogen and oxygen atoms in total. The van der Waals surface area contributed by atoms with E-state index in [1.165, 1.54) is 14.0 Å². The van der Waals surface area contributed by atoms with E-state index in [-0.39, 0.29) is 17.1 Å². The van der Waals surface area contributed by atoms with Gasteiger partial charge in [0.1, 0.15) is 12.4 Å². The molecule has 0 radical (unpaired) electrons. The molecule has 16 heavy (non-hydrogen) atoms. The molecule has 0 atom stereocenters. The average molecular weight is 239 g/mol. The number of rotatable bonds is 3. The van der Waals surface area contributed by atoms with Gasteiger partial charge < -0.3 is 9.47 Å². The number of aryl methyl sites for hydroxylation is 1. The van der Waals surface area contributed by atoms with Crippen LogP contribution >= 0.6 is 0 Å². The summed E-state index contributed by atoms with van der Waals surface area (Å²) < 4.78 is 57.0. The summed E-state index contributed by atoms with van der Waals surface area (Å²) in [5.41, 5.74) is -0.112. The molecule has 0 saturated heterocycles. The average Bonchev–Trinajstić information content (AvgIpc) is 2.14. The Labute approximate surface area is 89.0 Å². The monoisotopic (exact) mass is 239 g/mol. The van der Waals surface area contributed by atoms with Crippen LogP contribution in [0.2, 0.25) is 0 Å². The molecule has 0 aromatic carbocycles. The van der Waals surface area contributed by atoms with Crippen molar-refractivity contribution in [1.82, 2.24) is 4.98 Å². The number of ether oxygens (including phenoxy) is 2. The third kappa shape index (κ3) is 2.98. The summed E-state index contributed by atoms with van der Waals surface area (Å²) in [6, 6.07) is 1.00. The van der Waals surface area contributed by atoms with Gasteiger partial charge in [-0.05, 0) is 6.92 Å². The van der Waals surface area contributed by atoms with Crippen molar-refractivity contribution in [3.63, 3.8) is 0 Å². The standard InChI is InChI=1S/C9H9F4NO2/c1-5-3-7(16-9(11,12)13)6(4-10)8(14-5)15-2/h3H,4H2,1-2H3. The molecule has 90 valence electrons. The lowest BCUT2D eigenvalue weighted by Crippen LogP contribution is -2.18. The summed E-state index contributed by atoms with van der Waals surface area (Å²) in [5, 5.41) is 0. The number of aromatic nitrogens is 1. The summed E-state index contributed by atoms with van der Waals surface area (Å²) in [7, 11) is 1.19. The number of methoxy groups -OCH3 is 1. The number of pyridine rings is 1. The maximum atomic E-state index is 12.6. The molecule has 0 aliphatic carbocycles. The first-order valence-corrected chi connectivity index (χ1v) is 4.23. The maximum Gasteiger partial charge on any atom is 0.573 e. The molecule has 1 heterocycles. The van der Waals surface area contributed by atoms with Crippen molar-refractivity contribution in [3.05, 3.63) is 17.3 Å². The van der Waals surface area contributed by atoms with Crippen molar-refractivity contribution in [2.45, 2.75) is 20.0 Å². The van der Waals surface area contributed by atoms with Crippen LogP contribution in [0.5, 0.6) is 11.6 Å². The molecule has 0 amide bonds. The highest BCUT2D eigenvalue weighted by Gasteiger charge is 2.33. The molecule has 0 aliphatic heterocycles. The lowest BCUT2D eigenvalue weighted by Gasteiger charge is -2.14. The molecule has 1 aromatic rings. The van der Waals surface area contributed by atoms with Crippen LogP contribution in [0.25, 0.3) is 0 Å². The van der Waals surface area contributed by atoms with E-state index in [4.69, 9.17) is 0 Å². The minimum Gasteiger partial charge on any atom is -0.481 e. The van der Waals surface area contributed by atoms with Crippen molar-refractivity contribution in [2.24, 2.45) is 0 Å². The van der Waals surface area contributed by atoms with Crippen LogP contribution in [0, 0.1) is 6.92 Å².